The summed E-state index contributed by atoms with van der Waals surface area (Å²) in [4.78, 5) is 0. The summed E-state index contributed by atoms with van der Waals surface area (Å²) in [6.07, 6.45) is 0. The van der Waals surface area contributed by atoms with Crippen LogP contribution in [0.4, 0.5) is 0 Å². The first kappa shape index (κ1) is 30.0. The van der Waals surface area contributed by atoms with E-state index in [4.69, 9.17) is 17.5 Å². The van der Waals surface area contributed by atoms with Crippen molar-refractivity contribution >= 4 is 10.4 Å². The van der Waals surface area contributed by atoms with Gasteiger partial charge in [0.2, 0.25) is 0 Å². The Morgan fingerprint density at radius 2 is 0.889 bits per heavy atom. The largest absolute Gasteiger partial charge is 3.00 e. The molecule has 0 bridgehead atoms. The molecule has 0 aliphatic heterocycles. The summed E-state index contributed by atoms with van der Waals surface area (Å²) >= 11 is 0. The van der Waals surface area contributed by atoms with E-state index in [0.29, 0.717) is 0 Å². The Balaban J connectivity index is -0.0000000133. The molecule has 0 atom stereocenters. The minimum atomic E-state index is -5.17. The van der Waals surface area contributed by atoms with E-state index in [0.717, 1.165) is 0 Å². The van der Waals surface area contributed by atoms with Gasteiger partial charge in [0, 0.05) is 10.4 Å². The zero-order valence-electron chi connectivity index (χ0n) is 4.01. The van der Waals surface area contributed by atoms with E-state index in [1.807, 2.05) is 0 Å². The van der Waals surface area contributed by atoms with Gasteiger partial charge in [0.1, 0.15) is 0 Å². The van der Waals surface area contributed by atoms with Crippen LogP contribution >= 0.6 is 0 Å². The zero-order valence-corrected chi connectivity index (χ0v) is 12.2. The Labute approximate surface area is 119 Å². The summed E-state index contributed by atoms with van der Waals surface area (Å²) in [6, 6.07) is 0. The van der Waals surface area contributed by atoms with Gasteiger partial charge in [0.15, 0.2) is 0 Å². The molecule has 48 valence electrons. The van der Waals surface area contributed by atoms with Gasteiger partial charge in [-0.2, -0.15) is 0 Å². The normalized spacial score (nSPS) is 6.44. The average molecular weight is 410 g/mol. The van der Waals surface area contributed by atoms with E-state index >= 15 is 0 Å². The molecule has 0 spiro atoms. The molecule has 0 aliphatic rings. The van der Waals surface area contributed by atoms with Gasteiger partial charge in [0.05, 0.1) is 0 Å². The molecule has 0 saturated heterocycles. The Bertz CT molecular complexity index is 94.2. The summed E-state index contributed by atoms with van der Waals surface area (Å²) in [7, 11) is -5.17. The predicted molar refractivity (Wildman–Crippen MR) is 11.8 cm³/mol. The van der Waals surface area contributed by atoms with Crippen LogP contribution in [0.25, 0.3) is 0 Å². The van der Waals surface area contributed by atoms with Crippen LogP contribution in [-0.4, -0.2) is 17.5 Å². The fourth-order valence-corrected chi connectivity index (χ4v) is 0. The molecule has 9 heavy (non-hydrogen) atoms. The van der Waals surface area contributed by atoms with Gasteiger partial charge in [-0.05, 0) is 0 Å². The van der Waals surface area contributed by atoms with Crippen LogP contribution in [0.2, 0.25) is 0 Å². The molecule has 0 rings (SSSR count). The summed E-state index contributed by atoms with van der Waals surface area (Å²) in [5, 5.41) is 0. The second-order valence-corrected chi connectivity index (χ2v) is 1.22. The van der Waals surface area contributed by atoms with Crippen LogP contribution in [-0.2, 0) is 21.4 Å². The third-order valence-corrected chi connectivity index (χ3v) is 0. The third-order valence-electron chi connectivity index (χ3n) is 0. The van der Waals surface area contributed by atoms with E-state index in [1.54, 1.807) is 0 Å². The van der Waals surface area contributed by atoms with Gasteiger partial charge in [-0.1, -0.05) is 0 Å². The van der Waals surface area contributed by atoms with Crippen LogP contribution in [0.5, 0.6) is 0 Å². The van der Waals surface area contributed by atoms with Gasteiger partial charge in [-0.25, -0.2) is 0 Å². The average Bonchev–Trinajstić information content (AvgIpc) is 0.722. The van der Waals surface area contributed by atoms with Crippen LogP contribution in [0, 0.1) is 82.6 Å². The Hall–Kier alpha value is 2.52. The summed E-state index contributed by atoms with van der Waals surface area (Å²) in [5.41, 5.74) is 0. The third kappa shape index (κ3) is 120. The zero-order chi connectivity index (χ0) is 4.50. The SMILES string of the molecule is O=S(=O)([O-])[O-].[O-2].[O-2].[Pr+3].[Pr+3]. The molecule has 6 nitrogen and oxygen atoms in total. The van der Waals surface area contributed by atoms with Crippen molar-refractivity contribution < 1.29 is 111 Å². The van der Waals surface area contributed by atoms with Crippen molar-refractivity contribution in [2.24, 2.45) is 0 Å². The molecule has 0 radical (unpaired) electrons. The number of hydrogen-bond donors (Lipinski definition) is 0. The van der Waals surface area contributed by atoms with Crippen molar-refractivity contribution in [3.63, 3.8) is 0 Å². The number of rotatable bonds is 0. The Morgan fingerprint density at radius 3 is 0.889 bits per heavy atom. The first-order valence-corrected chi connectivity index (χ1v) is 2.00. The van der Waals surface area contributed by atoms with Gasteiger partial charge in [-0.3, -0.25) is 8.42 Å². The topological polar surface area (TPSA) is 137 Å². The van der Waals surface area contributed by atoms with E-state index in [-0.39, 0.29) is 93.5 Å². The van der Waals surface area contributed by atoms with Gasteiger partial charge < -0.3 is 20.1 Å². The van der Waals surface area contributed by atoms with E-state index < -0.39 is 10.4 Å². The van der Waals surface area contributed by atoms with E-state index in [1.165, 1.54) is 0 Å². The molecule has 0 heterocycles. The molecule has 9 heteroatoms. The van der Waals surface area contributed by atoms with Gasteiger partial charge >= 0.3 is 82.6 Å². The quantitative estimate of drug-likeness (QED) is 0.352. The van der Waals surface area contributed by atoms with Gasteiger partial charge in [0.25, 0.3) is 0 Å². The van der Waals surface area contributed by atoms with Crippen LogP contribution < -0.4 is 0 Å². The number of hydrogen-bond acceptors (Lipinski definition) is 4. The minimum absolute atomic E-state index is 0. The van der Waals surface area contributed by atoms with Crippen molar-refractivity contribution in [3.05, 3.63) is 0 Å². The van der Waals surface area contributed by atoms with Crippen molar-refractivity contribution in [3.8, 4) is 0 Å². The van der Waals surface area contributed by atoms with Crippen molar-refractivity contribution in [2.45, 2.75) is 0 Å². The summed E-state index contributed by atoms with van der Waals surface area (Å²) < 4.78 is 34.1. The molecule has 0 N–H and O–H groups in total. The maximum absolute atomic E-state index is 8.52. The molecular formula is O6Pr2S. The second kappa shape index (κ2) is 13.1. The summed E-state index contributed by atoms with van der Waals surface area (Å²) in [5.74, 6) is 0. The van der Waals surface area contributed by atoms with Crippen LogP contribution in [0.15, 0.2) is 0 Å². The van der Waals surface area contributed by atoms with Crippen LogP contribution in [0.1, 0.15) is 0 Å². The van der Waals surface area contributed by atoms with E-state index in [9.17, 15) is 0 Å². The Kier molecular flexibility index (Phi) is 43.8. The molecule has 0 aromatic rings. The maximum Gasteiger partial charge on any atom is 3.00 e. The fraction of sp³-hybridized carbons (Fsp3) is 0. The van der Waals surface area contributed by atoms with E-state index in [2.05, 4.69) is 0 Å². The summed E-state index contributed by atoms with van der Waals surface area (Å²) in [6.45, 7) is 0. The molecule has 0 aromatic carbocycles. The first-order chi connectivity index (χ1) is 2.00. The molecule has 0 unspecified atom stereocenters. The molecule has 0 saturated carbocycles. The monoisotopic (exact) mass is 410 g/mol. The standard InChI is InChI=1S/H2O4S.2O.2Pr/c1-5(2,3)4;;;;/h(H2,1,2,3,4);;;;/q;2*-2;2*+3/p-2. The Morgan fingerprint density at radius 1 is 0.889 bits per heavy atom. The molecule has 0 fully saturated rings. The van der Waals surface area contributed by atoms with Crippen molar-refractivity contribution in [1.82, 2.24) is 0 Å². The molecule has 0 aliphatic carbocycles. The van der Waals surface area contributed by atoms with Crippen molar-refractivity contribution in [2.75, 3.05) is 0 Å². The smallest absolute Gasteiger partial charge is 2.00 e. The van der Waals surface area contributed by atoms with Crippen molar-refractivity contribution in [1.29, 1.82) is 0 Å². The first-order valence-electron chi connectivity index (χ1n) is 0.667. The molecule has 0 aromatic heterocycles. The van der Waals surface area contributed by atoms with Crippen LogP contribution in [0.3, 0.4) is 0 Å². The minimum Gasteiger partial charge on any atom is -2.00 e. The van der Waals surface area contributed by atoms with Gasteiger partial charge in [-0.15, -0.1) is 0 Å². The fourth-order valence-electron chi connectivity index (χ4n) is 0. The second-order valence-electron chi connectivity index (χ2n) is 0.408. The molecular weight excluding hydrogens is 410 g/mol. The maximum atomic E-state index is 8.52. The molecule has 0 amide bonds. The predicted octanol–water partition coefficient (Wildman–Crippen LogP) is -1.58.